The Labute approximate surface area is 214 Å². The number of rotatable bonds is 8. The summed E-state index contributed by atoms with van der Waals surface area (Å²) in [5.41, 5.74) is 3.01. The quantitative estimate of drug-likeness (QED) is 0.347. The molecule has 1 N–H and O–H groups in total. The molecule has 1 saturated heterocycles. The van der Waals surface area contributed by atoms with Crippen LogP contribution in [0.25, 0.3) is 33.5 Å². The molecule has 0 saturated carbocycles. The zero-order valence-corrected chi connectivity index (χ0v) is 20.8. The summed E-state index contributed by atoms with van der Waals surface area (Å²) in [6.45, 7) is 4.22. The lowest BCUT2D eigenvalue weighted by atomic mass is 10.0. The summed E-state index contributed by atoms with van der Waals surface area (Å²) in [4.78, 5) is 11.8. The molecule has 0 bridgehead atoms. The van der Waals surface area contributed by atoms with Gasteiger partial charge in [-0.25, -0.2) is 31.9 Å². The monoisotopic (exact) mass is 524 g/mol. The van der Waals surface area contributed by atoms with Gasteiger partial charge in [-0.2, -0.15) is 0 Å². The van der Waals surface area contributed by atoms with Crippen LogP contribution in [0.4, 0.5) is 8.78 Å². The van der Waals surface area contributed by atoms with Crippen LogP contribution in [0.15, 0.2) is 71.6 Å². The van der Waals surface area contributed by atoms with E-state index in [4.69, 9.17) is 14.7 Å². The lowest BCUT2D eigenvalue weighted by molar-refractivity contribution is 0.0376. The van der Waals surface area contributed by atoms with Crippen molar-refractivity contribution < 1.29 is 21.9 Å². The van der Waals surface area contributed by atoms with E-state index >= 15 is 0 Å². The molecule has 7 nitrogen and oxygen atoms in total. The van der Waals surface area contributed by atoms with Gasteiger partial charge in [0, 0.05) is 30.8 Å². The Kier molecular flexibility index (Phi) is 7.52. The molecule has 1 fully saturated rings. The number of hydrogen-bond donors (Lipinski definition) is 1. The van der Waals surface area contributed by atoms with E-state index in [1.165, 1.54) is 36.4 Å². The van der Waals surface area contributed by atoms with Crippen LogP contribution in [0.3, 0.4) is 0 Å². The van der Waals surface area contributed by atoms with E-state index in [2.05, 4.69) is 9.62 Å². The van der Waals surface area contributed by atoms with E-state index in [0.29, 0.717) is 59.7 Å². The number of morpholine rings is 1. The van der Waals surface area contributed by atoms with Gasteiger partial charge >= 0.3 is 0 Å². The second kappa shape index (κ2) is 11.0. The maximum absolute atomic E-state index is 13.6. The first-order chi connectivity index (χ1) is 17.9. The molecule has 1 aliphatic rings. The standard InChI is InChI=1S/C27H26F2N4O3S/c28-21-6-2-19(3-7-21)26-27(20-4-8-22(29)9-5-20)32-25-18-23(10-11-24(25)31-26)37(34,35)30-12-1-13-33-14-16-36-17-15-33/h2-11,18,30H,1,12-17H2. The number of halogens is 2. The van der Waals surface area contributed by atoms with Crippen molar-refractivity contribution in [3.05, 3.63) is 78.4 Å². The third-order valence-electron chi connectivity index (χ3n) is 6.23. The van der Waals surface area contributed by atoms with Gasteiger partial charge in [-0.1, -0.05) is 0 Å². The van der Waals surface area contributed by atoms with Crippen LogP contribution in [0.1, 0.15) is 6.42 Å². The fourth-order valence-electron chi connectivity index (χ4n) is 4.24. The third kappa shape index (κ3) is 5.99. The second-order valence-electron chi connectivity index (χ2n) is 8.79. The summed E-state index contributed by atoms with van der Waals surface area (Å²) < 4.78 is 61.1. The van der Waals surface area contributed by atoms with Gasteiger partial charge in [0.1, 0.15) is 11.6 Å². The summed E-state index contributed by atoms with van der Waals surface area (Å²) in [7, 11) is -3.76. The number of aromatic nitrogens is 2. The summed E-state index contributed by atoms with van der Waals surface area (Å²) in [5, 5.41) is 0. The number of fused-ring (bicyclic) bond motifs is 1. The number of nitrogens with one attached hydrogen (secondary N) is 1. The van der Waals surface area contributed by atoms with Crippen LogP contribution in [-0.4, -0.2) is 62.7 Å². The molecule has 4 aromatic rings. The van der Waals surface area contributed by atoms with E-state index in [1.807, 2.05) is 0 Å². The average Bonchev–Trinajstić information content (AvgIpc) is 2.91. The molecule has 0 spiro atoms. The van der Waals surface area contributed by atoms with E-state index in [-0.39, 0.29) is 10.7 Å². The Morgan fingerprint density at radius 1 is 0.811 bits per heavy atom. The van der Waals surface area contributed by atoms with Gasteiger partial charge in [0.15, 0.2) is 0 Å². The summed E-state index contributed by atoms with van der Waals surface area (Å²) in [6.07, 6.45) is 0.683. The number of nitrogens with zero attached hydrogens (tertiary/aromatic N) is 3. The lowest BCUT2D eigenvalue weighted by Gasteiger charge is -2.26. The van der Waals surface area contributed by atoms with Gasteiger partial charge in [0.2, 0.25) is 10.0 Å². The normalized spacial score (nSPS) is 14.8. The highest BCUT2D eigenvalue weighted by Gasteiger charge is 2.18. The molecule has 5 rings (SSSR count). The first-order valence-corrected chi connectivity index (χ1v) is 13.5. The largest absolute Gasteiger partial charge is 0.379 e. The van der Waals surface area contributed by atoms with Crippen LogP contribution in [-0.2, 0) is 14.8 Å². The van der Waals surface area contributed by atoms with Gasteiger partial charge in [-0.15, -0.1) is 0 Å². The maximum atomic E-state index is 13.6. The predicted octanol–water partition coefficient (Wildman–Crippen LogP) is 4.24. The van der Waals surface area contributed by atoms with Crippen molar-refractivity contribution in [2.24, 2.45) is 0 Å². The Balaban J connectivity index is 1.44. The fraction of sp³-hybridized carbons (Fsp3) is 0.259. The number of ether oxygens (including phenoxy) is 1. The van der Waals surface area contributed by atoms with Crippen molar-refractivity contribution in [1.29, 1.82) is 0 Å². The Morgan fingerprint density at radius 3 is 1.97 bits per heavy atom. The molecule has 1 aliphatic heterocycles. The van der Waals surface area contributed by atoms with E-state index in [9.17, 15) is 17.2 Å². The molecule has 10 heteroatoms. The molecule has 2 heterocycles. The molecule has 0 atom stereocenters. The highest BCUT2D eigenvalue weighted by molar-refractivity contribution is 7.89. The number of benzene rings is 3. The van der Waals surface area contributed by atoms with Crippen molar-refractivity contribution >= 4 is 21.1 Å². The highest BCUT2D eigenvalue weighted by atomic mass is 32.2. The van der Waals surface area contributed by atoms with Crippen molar-refractivity contribution in [2.45, 2.75) is 11.3 Å². The molecule has 37 heavy (non-hydrogen) atoms. The number of hydrogen-bond acceptors (Lipinski definition) is 6. The van der Waals surface area contributed by atoms with Gasteiger partial charge in [0.05, 0.1) is 40.5 Å². The molecule has 1 aromatic heterocycles. The molecule has 3 aromatic carbocycles. The Morgan fingerprint density at radius 2 is 1.38 bits per heavy atom. The molecule has 0 amide bonds. The molecule has 0 unspecified atom stereocenters. The molecular formula is C27H26F2N4O3S. The lowest BCUT2D eigenvalue weighted by Crippen LogP contribution is -2.38. The van der Waals surface area contributed by atoms with Crippen LogP contribution in [0.2, 0.25) is 0 Å². The Hall–Kier alpha value is -3.31. The van der Waals surface area contributed by atoms with Gasteiger partial charge in [-0.05, 0) is 79.7 Å². The minimum Gasteiger partial charge on any atom is -0.379 e. The van der Waals surface area contributed by atoms with Crippen LogP contribution in [0, 0.1) is 11.6 Å². The van der Waals surface area contributed by atoms with E-state index < -0.39 is 15.8 Å². The van der Waals surface area contributed by atoms with E-state index in [0.717, 1.165) is 19.6 Å². The molecular weight excluding hydrogens is 498 g/mol. The first-order valence-electron chi connectivity index (χ1n) is 12.0. The third-order valence-corrected chi connectivity index (χ3v) is 7.69. The SMILES string of the molecule is O=S(=O)(NCCCN1CCOCC1)c1ccc2nc(-c3ccc(F)cc3)c(-c3ccc(F)cc3)nc2c1. The first kappa shape index (κ1) is 25.3. The average molecular weight is 525 g/mol. The summed E-state index contributed by atoms with van der Waals surface area (Å²) >= 11 is 0. The van der Waals surface area contributed by atoms with Crippen LogP contribution < -0.4 is 4.72 Å². The van der Waals surface area contributed by atoms with E-state index in [1.54, 1.807) is 30.3 Å². The van der Waals surface area contributed by atoms with Gasteiger partial charge < -0.3 is 4.74 Å². The summed E-state index contributed by atoms with van der Waals surface area (Å²) in [6, 6.07) is 16.2. The second-order valence-corrected chi connectivity index (χ2v) is 10.6. The topological polar surface area (TPSA) is 84.4 Å². The molecule has 0 aliphatic carbocycles. The zero-order chi connectivity index (χ0) is 25.8. The smallest absolute Gasteiger partial charge is 0.240 e. The maximum Gasteiger partial charge on any atom is 0.240 e. The zero-order valence-electron chi connectivity index (χ0n) is 20.0. The molecule has 0 radical (unpaired) electrons. The fourth-order valence-corrected chi connectivity index (χ4v) is 5.33. The van der Waals surface area contributed by atoms with Crippen LogP contribution >= 0.6 is 0 Å². The Bertz CT molecular complexity index is 1490. The van der Waals surface area contributed by atoms with Crippen molar-refractivity contribution in [3.63, 3.8) is 0 Å². The number of sulfonamides is 1. The predicted molar refractivity (Wildman–Crippen MR) is 137 cm³/mol. The highest BCUT2D eigenvalue weighted by Crippen LogP contribution is 2.32. The van der Waals surface area contributed by atoms with Gasteiger partial charge in [0.25, 0.3) is 0 Å². The summed E-state index contributed by atoms with van der Waals surface area (Å²) in [5.74, 6) is -0.776. The minimum absolute atomic E-state index is 0.0836. The minimum atomic E-state index is -3.76. The van der Waals surface area contributed by atoms with Crippen molar-refractivity contribution in [2.75, 3.05) is 39.4 Å². The molecule has 192 valence electrons. The van der Waals surface area contributed by atoms with Crippen LogP contribution in [0.5, 0.6) is 0 Å². The van der Waals surface area contributed by atoms with Crippen molar-refractivity contribution in [1.82, 2.24) is 19.6 Å². The van der Waals surface area contributed by atoms with Gasteiger partial charge in [-0.3, -0.25) is 4.90 Å². The van der Waals surface area contributed by atoms with Crippen molar-refractivity contribution in [3.8, 4) is 22.5 Å².